The molecule has 130 valence electrons. The molecule has 4 heteroatoms. The summed E-state index contributed by atoms with van der Waals surface area (Å²) >= 11 is 0. The van der Waals surface area contributed by atoms with Gasteiger partial charge in [-0.25, -0.2) is 4.79 Å². The molecule has 0 aromatic heterocycles. The number of benzene rings is 2. The van der Waals surface area contributed by atoms with Crippen molar-refractivity contribution in [3.8, 4) is 0 Å². The molecule has 1 amide bonds. The Balaban J connectivity index is 2.05. The van der Waals surface area contributed by atoms with Gasteiger partial charge in [0, 0.05) is 5.56 Å². The largest absolute Gasteiger partial charge is 0.467 e. The molecule has 0 radical (unpaired) electrons. The molecule has 4 nitrogen and oxygen atoms in total. The van der Waals surface area contributed by atoms with Gasteiger partial charge in [-0.1, -0.05) is 62.4 Å². The lowest BCUT2D eigenvalue weighted by molar-refractivity contribution is -0.148. The van der Waals surface area contributed by atoms with Crippen LogP contribution >= 0.6 is 0 Å². The molecule has 0 saturated carbocycles. The van der Waals surface area contributed by atoms with Crippen molar-refractivity contribution in [2.75, 3.05) is 7.11 Å². The molecular weight excluding hydrogens is 314 g/mol. The standard InChI is InChI=1S/C21H23NO3/c1-14(2)19(21(24)25-3)22-18(13-15-9-5-4-6-10-15)16-11-7-8-12-17(16)20(22)23/h4-12,14,18-19H,13H2,1-3H3/t18?,19-/m0/s1. The predicted octanol–water partition coefficient (Wildman–Crippen LogP) is 3.62. The van der Waals surface area contributed by atoms with E-state index < -0.39 is 6.04 Å². The minimum absolute atomic E-state index is 0.0380. The van der Waals surface area contributed by atoms with Gasteiger partial charge < -0.3 is 9.64 Å². The van der Waals surface area contributed by atoms with E-state index in [1.165, 1.54) is 7.11 Å². The molecule has 0 N–H and O–H groups in total. The summed E-state index contributed by atoms with van der Waals surface area (Å²) in [6.45, 7) is 3.88. The Hall–Kier alpha value is -2.62. The molecule has 3 rings (SSSR count). The monoisotopic (exact) mass is 337 g/mol. The first-order chi connectivity index (χ1) is 12.0. The maximum Gasteiger partial charge on any atom is 0.328 e. The molecule has 0 fully saturated rings. The molecule has 1 aliphatic rings. The second-order valence-electron chi connectivity index (χ2n) is 6.72. The molecule has 1 heterocycles. The zero-order valence-electron chi connectivity index (χ0n) is 14.8. The van der Waals surface area contributed by atoms with Crippen molar-refractivity contribution in [3.63, 3.8) is 0 Å². The maximum absolute atomic E-state index is 13.1. The summed E-state index contributed by atoms with van der Waals surface area (Å²) in [6.07, 6.45) is 0.670. The lowest BCUT2D eigenvalue weighted by Crippen LogP contribution is -2.47. The minimum atomic E-state index is -0.599. The number of carbonyl (C=O) groups is 2. The van der Waals surface area contributed by atoms with E-state index in [1.54, 1.807) is 4.90 Å². The Bertz CT molecular complexity index is 770. The number of ether oxygens (including phenoxy) is 1. The van der Waals surface area contributed by atoms with Gasteiger partial charge in [-0.15, -0.1) is 0 Å². The van der Waals surface area contributed by atoms with Crippen LogP contribution in [0.15, 0.2) is 54.6 Å². The highest BCUT2D eigenvalue weighted by atomic mass is 16.5. The van der Waals surface area contributed by atoms with Crippen molar-refractivity contribution in [2.24, 2.45) is 5.92 Å². The van der Waals surface area contributed by atoms with E-state index in [2.05, 4.69) is 0 Å². The van der Waals surface area contributed by atoms with Gasteiger partial charge in [0.2, 0.25) is 0 Å². The molecule has 2 atom stereocenters. The van der Waals surface area contributed by atoms with Crippen LogP contribution in [-0.4, -0.2) is 29.9 Å². The van der Waals surface area contributed by atoms with Crippen LogP contribution in [0.5, 0.6) is 0 Å². The quantitative estimate of drug-likeness (QED) is 0.783. The average molecular weight is 337 g/mol. The van der Waals surface area contributed by atoms with Crippen LogP contribution in [0.25, 0.3) is 0 Å². The van der Waals surface area contributed by atoms with Crippen LogP contribution < -0.4 is 0 Å². The zero-order chi connectivity index (χ0) is 18.0. The molecule has 0 saturated heterocycles. The molecular formula is C21H23NO3. The number of hydrogen-bond acceptors (Lipinski definition) is 3. The van der Waals surface area contributed by atoms with Crippen molar-refractivity contribution in [1.82, 2.24) is 4.90 Å². The third-order valence-electron chi connectivity index (χ3n) is 4.77. The van der Waals surface area contributed by atoms with E-state index in [0.29, 0.717) is 12.0 Å². The van der Waals surface area contributed by atoms with Gasteiger partial charge in [-0.3, -0.25) is 4.79 Å². The summed E-state index contributed by atoms with van der Waals surface area (Å²) < 4.78 is 5.00. The van der Waals surface area contributed by atoms with Crippen molar-refractivity contribution in [2.45, 2.75) is 32.4 Å². The van der Waals surface area contributed by atoms with Gasteiger partial charge in [-0.2, -0.15) is 0 Å². The fraction of sp³-hybridized carbons (Fsp3) is 0.333. The summed E-state index contributed by atoms with van der Waals surface area (Å²) in [7, 11) is 1.37. The van der Waals surface area contributed by atoms with Gasteiger partial charge in [0.15, 0.2) is 0 Å². The fourth-order valence-corrected chi connectivity index (χ4v) is 3.61. The van der Waals surface area contributed by atoms with Crippen LogP contribution in [0, 0.1) is 5.92 Å². The second kappa shape index (κ2) is 7.09. The number of carbonyl (C=O) groups excluding carboxylic acids is 2. The van der Waals surface area contributed by atoms with E-state index >= 15 is 0 Å². The summed E-state index contributed by atoms with van der Waals surface area (Å²) in [4.78, 5) is 27.2. The Morgan fingerprint density at radius 3 is 2.36 bits per heavy atom. The zero-order valence-corrected chi connectivity index (χ0v) is 14.8. The van der Waals surface area contributed by atoms with Crippen molar-refractivity contribution < 1.29 is 14.3 Å². The topological polar surface area (TPSA) is 46.6 Å². The minimum Gasteiger partial charge on any atom is -0.467 e. The summed E-state index contributed by atoms with van der Waals surface area (Å²) in [6, 6.07) is 16.9. The number of esters is 1. The van der Waals surface area contributed by atoms with Crippen molar-refractivity contribution in [1.29, 1.82) is 0 Å². The normalized spacial score (nSPS) is 17.5. The van der Waals surface area contributed by atoms with Gasteiger partial charge >= 0.3 is 5.97 Å². The molecule has 0 spiro atoms. The predicted molar refractivity (Wildman–Crippen MR) is 96.1 cm³/mol. The summed E-state index contributed by atoms with van der Waals surface area (Å²) in [5.41, 5.74) is 2.79. The number of hydrogen-bond donors (Lipinski definition) is 0. The molecule has 1 unspecified atom stereocenters. The van der Waals surface area contributed by atoms with Crippen LogP contribution in [-0.2, 0) is 16.0 Å². The third kappa shape index (κ3) is 3.16. The Labute approximate surface area is 148 Å². The van der Waals surface area contributed by atoms with E-state index in [9.17, 15) is 9.59 Å². The number of rotatable bonds is 5. The first-order valence-electron chi connectivity index (χ1n) is 8.58. The summed E-state index contributed by atoms with van der Waals surface area (Å²) in [5.74, 6) is -0.501. The molecule has 1 aliphatic heterocycles. The second-order valence-corrected chi connectivity index (χ2v) is 6.72. The van der Waals surface area contributed by atoms with E-state index in [4.69, 9.17) is 4.74 Å². The number of amides is 1. The van der Waals surface area contributed by atoms with Gasteiger partial charge in [0.05, 0.1) is 13.2 Å². The summed E-state index contributed by atoms with van der Waals surface area (Å²) in [5, 5.41) is 0. The SMILES string of the molecule is COC(=O)[C@H](C(C)C)N1C(=O)c2ccccc2C1Cc1ccccc1. The van der Waals surface area contributed by atoms with Crippen molar-refractivity contribution in [3.05, 3.63) is 71.3 Å². The highest BCUT2D eigenvalue weighted by Crippen LogP contribution is 2.39. The number of nitrogens with zero attached hydrogens (tertiary/aromatic N) is 1. The molecule has 0 aliphatic carbocycles. The number of methoxy groups -OCH3 is 1. The highest BCUT2D eigenvalue weighted by molar-refractivity contribution is 6.01. The van der Waals surface area contributed by atoms with Gasteiger partial charge in [-0.05, 0) is 29.5 Å². The lowest BCUT2D eigenvalue weighted by Gasteiger charge is -2.34. The molecule has 2 aromatic rings. The molecule has 25 heavy (non-hydrogen) atoms. The first kappa shape index (κ1) is 17.2. The fourth-order valence-electron chi connectivity index (χ4n) is 3.61. The third-order valence-corrected chi connectivity index (χ3v) is 4.77. The Morgan fingerprint density at radius 1 is 1.08 bits per heavy atom. The molecule has 0 bridgehead atoms. The Morgan fingerprint density at radius 2 is 1.72 bits per heavy atom. The van der Waals surface area contributed by atoms with E-state index in [-0.39, 0.29) is 23.8 Å². The van der Waals surface area contributed by atoms with E-state index in [0.717, 1.165) is 11.1 Å². The molecule has 2 aromatic carbocycles. The number of fused-ring (bicyclic) bond motifs is 1. The van der Waals surface area contributed by atoms with Crippen LogP contribution in [0.1, 0.15) is 41.4 Å². The smallest absolute Gasteiger partial charge is 0.328 e. The van der Waals surface area contributed by atoms with Gasteiger partial charge in [0.25, 0.3) is 5.91 Å². The van der Waals surface area contributed by atoms with Crippen molar-refractivity contribution >= 4 is 11.9 Å². The van der Waals surface area contributed by atoms with Crippen LogP contribution in [0.2, 0.25) is 0 Å². The Kier molecular flexibility index (Phi) is 4.88. The maximum atomic E-state index is 13.1. The van der Waals surface area contributed by atoms with Crippen LogP contribution in [0.3, 0.4) is 0 Å². The van der Waals surface area contributed by atoms with Gasteiger partial charge in [0.1, 0.15) is 6.04 Å². The lowest BCUT2D eigenvalue weighted by atomic mass is 9.95. The van der Waals surface area contributed by atoms with E-state index in [1.807, 2.05) is 68.4 Å². The first-order valence-corrected chi connectivity index (χ1v) is 8.58. The van der Waals surface area contributed by atoms with Crippen LogP contribution in [0.4, 0.5) is 0 Å². The highest BCUT2D eigenvalue weighted by Gasteiger charge is 2.44. The average Bonchev–Trinajstić information content (AvgIpc) is 2.89.